The summed E-state index contributed by atoms with van der Waals surface area (Å²) in [6.07, 6.45) is 7.42. The first-order chi connectivity index (χ1) is 13.5. The zero-order valence-corrected chi connectivity index (χ0v) is 15.6. The average molecular weight is 374 g/mol. The third-order valence-corrected chi connectivity index (χ3v) is 4.92. The predicted molar refractivity (Wildman–Crippen MR) is 109 cm³/mol. The minimum absolute atomic E-state index is 0.423. The van der Waals surface area contributed by atoms with Crippen LogP contribution in [0.5, 0.6) is 0 Å². The normalized spacial score (nSPS) is 14.9. The molecule has 1 amide bonds. The first-order valence-corrected chi connectivity index (χ1v) is 9.18. The summed E-state index contributed by atoms with van der Waals surface area (Å²) in [6.45, 7) is 3.26. The van der Waals surface area contributed by atoms with Crippen LogP contribution < -0.4 is 5.73 Å². The quantitative estimate of drug-likeness (QED) is 0.719. The highest BCUT2D eigenvalue weighted by Crippen LogP contribution is 2.20. The van der Waals surface area contributed by atoms with Crippen LogP contribution in [-0.4, -0.2) is 38.3 Å². The summed E-state index contributed by atoms with van der Waals surface area (Å²) in [5, 5.41) is 15.2. The number of rotatable bonds is 5. The number of allylic oxidation sites excluding steroid dienone is 2. The van der Waals surface area contributed by atoms with Crippen LogP contribution in [0, 0.1) is 0 Å². The molecule has 0 saturated heterocycles. The summed E-state index contributed by atoms with van der Waals surface area (Å²) in [7, 11) is 0. The van der Waals surface area contributed by atoms with Gasteiger partial charge in [-0.15, -0.1) is 0 Å². The molecule has 142 valence electrons. The molecule has 4 rings (SSSR count). The van der Waals surface area contributed by atoms with Crippen LogP contribution in [0.2, 0.25) is 0 Å². The Labute approximate surface area is 163 Å². The SMILES string of the molecule is CC(O)C1=CC=CN(Cc2ccc(-n3cc4cccc(C(N)=O)c4n3)cc2)C1. The van der Waals surface area contributed by atoms with Crippen molar-refractivity contribution in [3.8, 4) is 5.69 Å². The van der Waals surface area contributed by atoms with Crippen molar-refractivity contribution in [3.63, 3.8) is 0 Å². The zero-order valence-electron chi connectivity index (χ0n) is 15.6. The van der Waals surface area contributed by atoms with E-state index in [0.29, 0.717) is 11.1 Å². The second-order valence-corrected chi connectivity index (χ2v) is 7.01. The Morgan fingerprint density at radius 3 is 2.75 bits per heavy atom. The maximum Gasteiger partial charge on any atom is 0.250 e. The molecule has 1 atom stereocenters. The van der Waals surface area contributed by atoms with E-state index in [4.69, 9.17) is 5.73 Å². The highest BCUT2D eigenvalue weighted by atomic mass is 16.3. The first-order valence-electron chi connectivity index (χ1n) is 9.18. The Bertz CT molecular complexity index is 1080. The van der Waals surface area contributed by atoms with Crippen molar-refractivity contribution in [1.29, 1.82) is 0 Å². The summed E-state index contributed by atoms with van der Waals surface area (Å²) >= 11 is 0. The Kier molecular flexibility index (Phi) is 4.71. The van der Waals surface area contributed by atoms with Gasteiger partial charge in [0.2, 0.25) is 0 Å². The fourth-order valence-electron chi connectivity index (χ4n) is 3.37. The van der Waals surface area contributed by atoms with E-state index < -0.39 is 12.0 Å². The molecule has 1 unspecified atom stereocenters. The molecule has 3 aromatic rings. The predicted octanol–water partition coefficient (Wildman–Crippen LogP) is 2.76. The maximum absolute atomic E-state index is 11.6. The molecule has 0 saturated carbocycles. The number of benzene rings is 2. The number of nitrogens with zero attached hydrogens (tertiary/aromatic N) is 3. The van der Waals surface area contributed by atoms with Gasteiger partial charge in [0, 0.05) is 24.7 Å². The average Bonchev–Trinajstić information content (AvgIpc) is 3.13. The summed E-state index contributed by atoms with van der Waals surface area (Å²) in [5.41, 5.74) is 9.56. The molecule has 0 bridgehead atoms. The number of amides is 1. The molecule has 0 aliphatic carbocycles. The number of primary amides is 1. The largest absolute Gasteiger partial charge is 0.389 e. The second kappa shape index (κ2) is 7.32. The van der Waals surface area contributed by atoms with E-state index in [9.17, 15) is 9.90 Å². The van der Waals surface area contributed by atoms with Crippen LogP contribution in [-0.2, 0) is 6.54 Å². The number of hydrogen-bond donors (Lipinski definition) is 2. The molecule has 1 aromatic heterocycles. The van der Waals surface area contributed by atoms with Crippen LogP contribution in [0.25, 0.3) is 16.6 Å². The van der Waals surface area contributed by atoms with Gasteiger partial charge in [-0.2, -0.15) is 5.10 Å². The monoisotopic (exact) mass is 374 g/mol. The van der Waals surface area contributed by atoms with Crippen LogP contribution in [0.3, 0.4) is 0 Å². The molecule has 6 nitrogen and oxygen atoms in total. The van der Waals surface area contributed by atoms with E-state index in [0.717, 1.165) is 35.3 Å². The van der Waals surface area contributed by atoms with E-state index >= 15 is 0 Å². The molecule has 3 N–H and O–H groups in total. The fraction of sp³-hybridized carbons (Fsp3) is 0.182. The molecule has 1 aliphatic heterocycles. The lowest BCUT2D eigenvalue weighted by atomic mass is 10.1. The van der Waals surface area contributed by atoms with Gasteiger partial charge in [-0.05, 0) is 48.5 Å². The molecule has 6 heteroatoms. The standard InChI is InChI=1S/C22H22N4O2/c1-15(27)17-5-3-11-25(13-17)12-16-7-9-19(10-8-16)26-14-18-4-2-6-20(22(23)28)21(18)24-26/h2-11,14-15,27H,12-13H2,1H3,(H2,23,28). The molecule has 28 heavy (non-hydrogen) atoms. The van der Waals surface area contributed by atoms with Crippen molar-refractivity contribution in [2.45, 2.75) is 19.6 Å². The van der Waals surface area contributed by atoms with Gasteiger partial charge in [0.25, 0.3) is 5.91 Å². The van der Waals surface area contributed by atoms with Crippen LogP contribution >= 0.6 is 0 Å². The second-order valence-electron chi connectivity index (χ2n) is 7.01. The molecule has 2 heterocycles. The van der Waals surface area contributed by atoms with E-state index in [2.05, 4.69) is 22.1 Å². The molecule has 0 spiro atoms. The van der Waals surface area contributed by atoms with Gasteiger partial charge in [0.15, 0.2) is 0 Å². The van der Waals surface area contributed by atoms with Crippen molar-refractivity contribution >= 4 is 16.8 Å². The van der Waals surface area contributed by atoms with Crippen molar-refractivity contribution in [2.75, 3.05) is 6.54 Å². The van der Waals surface area contributed by atoms with Crippen molar-refractivity contribution in [3.05, 3.63) is 83.7 Å². The molecular formula is C22H22N4O2. The number of carbonyl (C=O) groups is 1. The maximum atomic E-state index is 11.6. The minimum Gasteiger partial charge on any atom is -0.389 e. The third kappa shape index (κ3) is 3.54. The molecular weight excluding hydrogens is 352 g/mol. The summed E-state index contributed by atoms with van der Waals surface area (Å²) < 4.78 is 1.76. The number of nitrogens with two attached hydrogens (primary N) is 1. The van der Waals surface area contributed by atoms with Crippen LogP contribution in [0.4, 0.5) is 0 Å². The molecule has 2 aromatic carbocycles. The van der Waals surface area contributed by atoms with Gasteiger partial charge in [0.1, 0.15) is 5.52 Å². The zero-order chi connectivity index (χ0) is 19.7. The van der Waals surface area contributed by atoms with Crippen LogP contribution in [0.15, 0.2) is 72.6 Å². The topological polar surface area (TPSA) is 84.4 Å². The van der Waals surface area contributed by atoms with Gasteiger partial charge in [-0.3, -0.25) is 4.79 Å². The number of aliphatic hydroxyl groups is 1. The van der Waals surface area contributed by atoms with Gasteiger partial charge in [0.05, 0.1) is 17.4 Å². The van der Waals surface area contributed by atoms with Gasteiger partial charge < -0.3 is 15.7 Å². The van der Waals surface area contributed by atoms with E-state index in [1.807, 2.05) is 42.7 Å². The van der Waals surface area contributed by atoms with Crippen molar-refractivity contribution in [1.82, 2.24) is 14.7 Å². The van der Waals surface area contributed by atoms with Gasteiger partial charge in [-0.1, -0.05) is 30.3 Å². The van der Waals surface area contributed by atoms with Crippen molar-refractivity contribution in [2.24, 2.45) is 5.73 Å². The Morgan fingerprint density at radius 2 is 2.04 bits per heavy atom. The first kappa shape index (κ1) is 18.0. The lowest BCUT2D eigenvalue weighted by Gasteiger charge is -2.26. The Balaban J connectivity index is 1.53. The van der Waals surface area contributed by atoms with Crippen LogP contribution in [0.1, 0.15) is 22.8 Å². The fourth-order valence-corrected chi connectivity index (χ4v) is 3.37. The highest BCUT2D eigenvalue weighted by Gasteiger charge is 2.13. The van der Waals surface area contributed by atoms with E-state index in [-0.39, 0.29) is 0 Å². The number of aliphatic hydroxyl groups excluding tert-OH is 1. The smallest absolute Gasteiger partial charge is 0.250 e. The molecule has 0 radical (unpaired) electrons. The van der Waals surface area contributed by atoms with E-state index in [1.54, 1.807) is 23.7 Å². The highest BCUT2D eigenvalue weighted by molar-refractivity contribution is 6.04. The van der Waals surface area contributed by atoms with Gasteiger partial charge >= 0.3 is 0 Å². The Hall–Kier alpha value is -3.38. The molecule has 0 fully saturated rings. The number of hydrogen-bond acceptors (Lipinski definition) is 4. The number of carbonyl (C=O) groups excluding carboxylic acids is 1. The lowest BCUT2D eigenvalue weighted by molar-refractivity contribution is 0.100. The van der Waals surface area contributed by atoms with E-state index in [1.165, 1.54) is 0 Å². The number of aromatic nitrogens is 2. The third-order valence-electron chi connectivity index (χ3n) is 4.92. The number of fused-ring (bicyclic) bond motifs is 1. The molecule has 1 aliphatic rings. The Morgan fingerprint density at radius 1 is 1.25 bits per heavy atom. The summed E-state index contributed by atoms with van der Waals surface area (Å²) in [5.74, 6) is -0.480. The lowest BCUT2D eigenvalue weighted by Crippen LogP contribution is -2.25. The summed E-state index contributed by atoms with van der Waals surface area (Å²) in [6, 6.07) is 13.5. The minimum atomic E-state index is -0.480. The van der Waals surface area contributed by atoms with Gasteiger partial charge in [-0.25, -0.2) is 4.68 Å². The van der Waals surface area contributed by atoms with Crippen molar-refractivity contribution < 1.29 is 9.90 Å². The summed E-state index contributed by atoms with van der Waals surface area (Å²) in [4.78, 5) is 13.8.